The van der Waals surface area contributed by atoms with Crippen molar-refractivity contribution in [1.82, 2.24) is 15.3 Å². The van der Waals surface area contributed by atoms with Crippen LogP contribution >= 0.6 is 0 Å². The van der Waals surface area contributed by atoms with Gasteiger partial charge in [0.15, 0.2) is 6.04 Å². The average molecular weight is 427 g/mol. The van der Waals surface area contributed by atoms with Crippen molar-refractivity contribution in [2.75, 3.05) is 27.4 Å². The Bertz CT molecular complexity index is 702. The van der Waals surface area contributed by atoms with Crippen LogP contribution in [0.15, 0.2) is 11.4 Å². The van der Waals surface area contributed by atoms with Gasteiger partial charge < -0.3 is 24.3 Å². The summed E-state index contributed by atoms with van der Waals surface area (Å²) in [6.45, 7) is 3.17. The summed E-state index contributed by atoms with van der Waals surface area (Å²) in [6.07, 6.45) is 2.68. The highest BCUT2D eigenvalue weighted by Gasteiger charge is 2.54. The van der Waals surface area contributed by atoms with Crippen molar-refractivity contribution in [3.05, 3.63) is 11.4 Å². The van der Waals surface area contributed by atoms with E-state index in [1.54, 1.807) is 13.8 Å². The third-order valence-corrected chi connectivity index (χ3v) is 4.87. The number of nitrogens with zero attached hydrogens (tertiary/aromatic N) is 2. The maximum absolute atomic E-state index is 12.8. The van der Waals surface area contributed by atoms with Gasteiger partial charge in [0.1, 0.15) is 11.4 Å². The minimum atomic E-state index is -1.57. The molecule has 2 aliphatic rings. The summed E-state index contributed by atoms with van der Waals surface area (Å²) < 4.78 is 19.8. The summed E-state index contributed by atoms with van der Waals surface area (Å²) >= 11 is 0. The number of esters is 2. The van der Waals surface area contributed by atoms with E-state index in [-0.39, 0.29) is 30.6 Å². The largest absolute Gasteiger partial charge is 0.467 e. The van der Waals surface area contributed by atoms with E-state index < -0.39 is 30.2 Å². The van der Waals surface area contributed by atoms with E-state index >= 15 is 0 Å². The molecule has 0 aromatic rings. The number of ether oxygens (including phenoxy) is 4. The molecule has 1 fully saturated rings. The Morgan fingerprint density at radius 3 is 2.07 bits per heavy atom. The second-order valence-corrected chi connectivity index (χ2v) is 6.71. The van der Waals surface area contributed by atoms with E-state index in [0.29, 0.717) is 0 Å². The van der Waals surface area contributed by atoms with Gasteiger partial charge in [-0.3, -0.25) is 0 Å². The van der Waals surface area contributed by atoms with E-state index in [4.69, 9.17) is 18.9 Å². The fourth-order valence-electron chi connectivity index (χ4n) is 3.56. The zero-order chi connectivity index (χ0) is 22.3. The molecular formula is C19H29N3O8. The lowest BCUT2D eigenvalue weighted by atomic mass is 9.95. The monoisotopic (exact) mass is 427 g/mol. The minimum absolute atomic E-state index is 0.0131. The predicted molar refractivity (Wildman–Crippen MR) is 103 cm³/mol. The van der Waals surface area contributed by atoms with E-state index in [9.17, 15) is 19.2 Å². The lowest BCUT2D eigenvalue weighted by Gasteiger charge is -2.32. The number of amides is 2. The normalized spacial score (nSPS) is 19.4. The zero-order valence-corrected chi connectivity index (χ0v) is 17.8. The molecule has 1 saturated carbocycles. The van der Waals surface area contributed by atoms with E-state index in [0.717, 1.165) is 56.3 Å². The molecule has 30 heavy (non-hydrogen) atoms. The molecule has 11 nitrogen and oxygen atoms in total. The van der Waals surface area contributed by atoms with E-state index in [1.165, 1.54) is 0 Å². The second kappa shape index (κ2) is 10.7. The highest BCUT2D eigenvalue weighted by Crippen LogP contribution is 2.33. The molecule has 11 heteroatoms. The number of methoxy groups -OCH3 is 2. The topological polar surface area (TPSA) is 124 Å². The quantitative estimate of drug-likeness (QED) is 0.498. The summed E-state index contributed by atoms with van der Waals surface area (Å²) in [5.41, 5.74) is -0.226. The van der Waals surface area contributed by atoms with Crippen molar-refractivity contribution < 1.29 is 38.1 Å². The minimum Gasteiger partial charge on any atom is -0.467 e. The van der Waals surface area contributed by atoms with Gasteiger partial charge in [0, 0.05) is 6.04 Å². The van der Waals surface area contributed by atoms with Gasteiger partial charge in [-0.25, -0.2) is 19.2 Å². The van der Waals surface area contributed by atoms with Crippen LogP contribution in [0.3, 0.4) is 0 Å². The molecule has 2 rings (SSSR count). The lowest BCUT2D eigenvalue weighted by molar-refractivity contribution is -0.150. The number of carbonyl (C=O) groups excluding carboxylic acids is 4. The number of hydrogen-bond acceptors (Lipinski definition) is 9. The molecular weight excluding hydrogens is 398 g/mol. The van der Waals surface area contributed by atoms with Crippen molar-refractivity contribution in [2.45, 2.75) is 58.0 Å². The van der Waals surface area contributed by atoms with Gasteiger partial charge in [-0.05, 0) is 26.7 Å². The summed E-state index contributed by atoms with van der Waals surface area (Å²) in [6, 6.07) is -1.64. The molecule has 0 bridgehead atoms. The van der Waals surface area contributed by atoms with E-state index in [1.807, 2.05) is 0 Å². The van der Waals surface area contributed by atoms with Crippen LogP contribution in [0.5, 0.6) is 0 Å². The molecule has 1 unspecified atom stereocenters. The smallest absolute Gasteiger partial charge is 0.435 e. The fraction of sp³-hybridized carbons (Fsp3) is 0.684. The molecule has 1 aliphatic carbocycles. The SMILES string of the molecule is CCOC(=O)N1C(NC2CCCCC2)=C(C(=O)OC)C(C(=O)OC)N1C(=O)OCC. The Morgan fingerprint density at radius 1 is 0.933 bits per heavy atom. The van der Waals surface area contributed by atoms with Gasteiger partial charge in [-0.2, -0.15) is 10.0 Å². The van der Waals surface area contributed by atoms with Gasteiger partial charge >= 0.3 is 24.1 Å². The van der Waals surface area contributed by atoms with Crippen LogP contribution in [-0.2, 0) is 28.5 Å². The molecule has 2 amide bonds. The van der Waals surface area contributed by atoms with Crippen LogP contribution in [0.25, 0.3) is 0 Å². The fourth-order valence-corrected chi connectivity index (χ4v) is 3.56. The molecule has 1 N–H and O–H groups in total. The molecule has 1 heterocycles. The molecule has 0 aromatic heterocycles. The summed E-state index contributed by atoms with van der Waals surface area (Å²) in [4.78, 5) is 50.8. The first-order valence-electron chi connectivity index (χ1n) is 10.0. The van der Waals surface area contributed by atoms with Crippen molar-refractivity contribution in [3.8, 4) is 0 Å². The molecule has 0 radical (unpaired) electrons. The number of hydrogen-bond donors (Lipinski definition) is 1. The Hall–Kier alpha value is -2.98. The highest BCUT2D eigenvalue weighted by atomic mass is 16.6. The molecule has 168 valence electrons. The van der Waals surface area contributed by atoms with Gasteiger partial charge in [-0.1, -0.05) is 19.3 Å². The third kappa shape index (κ3) is 4.77. The van der Waals surface area contributed by atoms with Gasteiger partial charge in [0.2, 0.25) is 0 Å². The first-order valence-corrected chi connectivity index (χ1v) is 10.0. The zero-order valence-electron chi connectivity index (χ0n) is 17.8. The van der Waals surface area contributed by atoms with Crippen molar-refractivity contribution >= 4 is 24.1 Å². The second-order valence-electron chi connectivity index (χ2n) is 6.71. The first kappa shape index (κ1) is 23.3. The Kier molecular flexibility index (Phi) is 8.31. The van der Waals surface area contributed by atoms with Crippen LogP contribution in [0.2, 0.25) is 0 Å². The maximum atomic E-state index is 12.8. The third-order valence-electron chi connectivity index (χ3n) is 4.87. The predicted octanol–water partition coefficient (Wildman–Crippen LogP) is 1.68. The standard InChI is InChI=1S/C19H29N3O8/c1-5-29-18(25)21-14(17(24)28-4)13(16(23)27-3)15(22(21)19(26)30-6-2)20-12-10-8-7-9-11-12/h12,14,20H,5-11H2,1-4H3. The van der Waals surface area contributed by atoms with Gasteiger partial charge in [-0.15, -0.1) is 0 Å². The molecule has 0 spiro atoms. The average Bonchev–Trinajstić information content (AvgIpc) is 3.08. The van der Waals surface area contributed by atoms with Crippen LogP contribution in [0.1, 0.15) is 46.0 Å². The summed E-state index contributed by atoms with van der Waals surface area (Å²) in [5.74, 6) is -1.86. The maximum Gasteiger partial charge on any atom is 0.435 e. The summed E-state index contributed by atoms with van der Waals surface area (Å²) in [7, 11) is 2.26. The number of rotatable bonds is 6. The van der Waals surface area contributed by atoms with Crippen molar-refractivity contribution in [3.63, 3.8) is 0 Å². The van der Waals surface area contributed by atoms with Gasteiger partial charge in [0.05, 0.1) is 27.4 Å². The molecule has 0 saturated heterocycles. The van der Waals surface area contributed by atoms with Crippen LogP contribution in [0, 0.1) is 0 Å². The Balaban J connectivity index is 2.62. The number of hydrazine groups is 1. The van der Waals surface area contributed by atoms with Crippen LogP contribution in [0.4, 0.5) is 9.59 Å². The van der Waals surface area contributed by atoms with E-state index in [2.05, 4.69) is 5.32 Å². The van der Waals surface area contributed by atoms with Gasteiger partial charge in [0.25, 0.3) is 0 Å². The number of carbonyl (C=O) groups is 4. The molecule has 0 aromatic carbocycles. The highest BCUT2D eigenvalue weighted by molar-refractivity contribution is 6.02. The van der Waals surface area contributed by atoms with Crippen molar-refractivity contribution in [1.29, 1.82) is 0 Å². The van der Waals surface area contributed by atoms with Crippen LogP contribution < -0.4 is 5.32 Å². The molecule has 1 atom stereocenters. The van der Waals surface area contributed by atoms with Crippen molar-refractivity contribution in [2.24, 2.45) is 0 Å². The summed E-state index contributed by atoms with van der Waals surface area (Å²) in [5, 5.41) is 4.71. The molecule has 1 aliphatic heterocycles. The lowest BCUT2D eigenvalue weighted by Crippen LogP contribution is -2.54. The number of nitrogens with one attached hydrogen (secondary N) is 1. The first-order chi connectivity index (χ1) is 14.4. The Labute approximate surface area is 175 Å². The van der Waals surface area contributed by atoms with Crippen LogP contribution in [-0.4, -0.2) is 73.7 Å². The Morgan fingerprint density at radius 2 is 1.53 bits per heavy atom.